The average Bonchev–Trinajstić information content (AvgIpc) is 2.65. The van der Waals surface area contributed by atoms with Crippen molar-refractivity contribution in [3.63, 3.8) is 0 Å². The molecule has 8 heteroatoms. The standard InChI is InChI=1S/C18H19BrClN5O/c1-22-18-23-10-11-8-14(13-9-12(20)4-5-15(13)19)17(26)25(16(11)24-18)7-3-2-6-21/h4-5,8-10H,2-3,6-7,21H2,1H3,(H,22,23,24). The number of halogens is 2. The summed E-state index contributed by atoms with van der Waals surface area (Å²) < 4.78 is 2.50. The van der Waals surface area contributed by atoms with Crippen molar-refractivity contribution in [3.05, 3.63) is 50.3 Å². The lowest BCUT2D eigenvalue weighted by atomic mass is 10.1. The van der Waals surface area contributed by atoms with Crippen molar-refractivity contribution < 1.29 is 0 Å². The smallest absolute Gasteiger partial charge is 0.260 e. The van der Waals surface area contributed by atoms with Crippen LogP contribution in [0.4, 0.5) is 5.95 Å². The minimum atomic E-state index is -0.113. The highest BCUT2D eigenvalue weighted by Crippen LogP contribution is 2.30. The molecule has 3 N–H and O–H groups in total. The molecule has 136 valence electrons. The molecule has 0 atom stereocenters. The van der Waals surface area contributed by atoms with Crippen LogP contribution in [-0.2, 0) is 6.54 Å². The predicted octanol–water partition coefficient (Wildman–Crippen LogP) is 3.66. The van der Waals surface area contributed by atoms with Crippen LogP contribution in [0.15, 0.2) is 39.7 Å². The second kappa shape index (κ2) is 8.16. The lowest BCUT2D eigenvalue weighted by molar-refractivity contribution is 0.611. The van der Waals surface area contributed by atoms with Crippen LogP contribution >= 0.6 is 27.5 Å². The fraction of sp³-hybridized carbons (Fsp3) is 0.278. The number of nitrogens with one attached hydrogen (secondary N) is 1. The Morgan fingerprint density at radius 2 is 2.08 bits per heavy atom. The highest BCUT2D eigenvalue weighted by molar-refractivity contribution is 9.10. The van der Waals surface area contributed by atoms with Gasteiger partial charge in [-0.2, -0.15) is 4.98 Å². The Balaban J connectivity index is 2.26. The van der Waals surface area contributed by atoms with Crippen molar-refractivity contribution in [2.75, 3.05) is 18.9 Å². The van der Waals surface area contributed by atoms with Gasteiger partial charge in [0.25, 0.3) is 5.56 Å². The highest BCUT2D eigenvalue weighted by Gasteiger charge is 2.15. The lowest BCUT2D eigenvalue weighted by Gasteiger charge is -2.14. The van der Waals surface area contributed by atoms with Crippen LogP contribution in [0.2, 0.25) is 5.02 Å². The van der Waals surface area contributed by atoms with Gasteiger partial charge in [0.05, 0.1) is 0 Å². The van der Waals surface area contributed by atoms with Crippen molar-refractivity contribution in [1.82, 2.24) is 14.5 Å². The van der Waals surface area contributed by atoms with Crippen LogP contribution in [0, 0.1) is 0 Å². The molecular formula is C18H19BrClN5O. The van der Waals surface area contributed by atoms with Gasteiger partial charge in [-0.05, 0) is 43.7 Å². The van der Waals surface area contributed by atoms with E-state index in [0.717, 1.165) is 28.3 Å². The Kier molecular flexibility index (Phi) is 5.90. The van der Waals surface area contributed by atoms with Gasteiger partial charge in [-0.3, -0.25) is 9.36 Å². The molecule has 0 aliphatic heterocycles. The van der Waals surface area contributed by atoms with Crippen LogP contribution < -0.4 is 16.6 Å². The van der Waals surface area contributed by atoms with Crippen LogP contribution in [0.5, 0.6) is 0 Å². The van der Waals surface area contributed by atoms with E-state index in [1.54, 1.807) is 29.9 Å². The van der Waals surface area contributed by atoms with Crippen molar-refractivity contribution in [3.8, 4) is 11.1 Å². The van der Waals surface area contributed by atoms with Gasteiger partial charge in [0, 0.05) is 45.8 Å². The Bertz CT molecular complexity index is 1000. The molecule has 0 aliphatic rings. The number of pyridine rings is 1. The van der Waals surface area contributed by atoms with Gasteiger partial charge in [-0.15, -0.1) is 0 Å². The van der Waals surface area contributed by atoms with E-state index in [4.69, 9.17) is 17.3 Å². The zero-order valence-corrected chi connectivity index (χ0v) is 16.6. The first kappa shape index (κ1) is 18.8. The van der Waals surface area contributed by atoms with Crippen LogP contribution in [0.25, 0.3) is 22.2 Å². The maximum absolute atomic E-state index is 13.2. The molecule has 26 heavy (non-hydrogen) atoms. The summed E-state index contributed by atoms with van der Waals surface area (Å²) in [5.74, 6) is 0.473. The molecule has 0 saturated carbocycles. The number of aryl methyl sites for hydroxylation is 1. The van der Waals surface area contributed by atoms with Crippen LogP contribution in [-0.4, -0.2) is 28.1 Å². The SMILES string of the molecule is CNc1ncc2cc(-c3cc(Cl)ccc3Br)c(=O)n(CCCCN)c2n1. The van der Waals surface area contributed by atoms with E-state index in [0.29, 0.717) is 35.3 Å². The summed E-state index contributed by atoms with van der Waals surface area (Å²) in [5.41, 5.74) is 7.40. The summed E-state index contributed by atoms with van der Waals surface area (Å²) in [6, 6.07) is 7.20. The molecule has 0 radical (unpaired) electrons. The number of aromatic nitrogens is 3. The van der Waals surface area contributed by atoms with Gasteiger partial charge in [0.15, 0.2) is 0 Å². The molecule has 6 nitrogen and oxygen atoms in total. The first-order valence-corrected chi connectivity index (χ1v) is 9.46. The minimum absolute atomic E-state index is 0.113. The van der Waals surface area contributed by atoms with Crippen LogP contribution in [0.3, 0.4) is 0 Å². The molecular weight excluding hydrogens is 418 g/mol. The molecule has 0 spiro atoms. The molecule has 0 fully saturated rings. The molecule has 0 amide bonds. The van der Waals surface area contributed by atoms with E-state index in [2.05, 4.69) is 31.2 Å². The predicted molar refractivity (Wildman–Crippen MR) is 110 cm³/mol. The number of hydrogen-bond acceptors (Lipinski definition) is 5. The van der Waals surface area contributed by atoms with E-state index < -0.39 is 0 Å². The number of benzene rings is 1. The molecule has 3 rings (SSSR count). The van der Waals surface area contributed by atoms with Crippen molar-refractivity contribution in [1.29, 1.82) is 0 Å². The zero-order chi connectivity index (χ0) is 18.7. The van der Waals surface area contributed by atoms with E-state index in [-0.39, 0.29) is 5.56 Å². The Labute approximate surface area is 164 Å². The number of nitrogens with two attached hydrogens (primary N) is 1. The monoisotopic (exact) mass is 435 g/mol. The number of fused-ring (bicyclic) bond motifs is 1. The topological polar surface area (TPSA) is 85.8 Å². The van der Waals surface area contributed by atoms with Gasteiger partial charge >= 0.3 is 0 Å². The normalized spacial score (nSPS) is 11.1. The Morgan fingerprint density at radius 1 is 1.27 bits per heavy atom. The molecule has 1 aromatic carbocycles. The lowest BCUT2D eigenvalue weighted by Crippen LogP contribution is -2.24. The molecule has 2 aromatic heterocycles. The summed E-state index contributed by atoms with van der Waals surface area (Å²) in [4.78, 5) is 22.0. The maximum Gasteiger partial charge on any atom is 0.260 e. The number of anilines is 1. The quantitative estimate of drug-likeness (QED) is 0.576. The van der Waals surface area contributed by atoms with Gasteiger partial charge in [-0.25, -0.2) is 4.98 Å². The maximum atomic E-state index is 13.2. The van der Waals surface area contributed by atoms with Crippen molar-refractivity contribution in [2.24, 2.45) is 5.73 Å². The highest BCUT2D eigenvalue weighted by atomic mass is 79.9. The number of rotatable bonds is 6. The Morgan fingerprint density at radius 3 is 2.81 bits per heavy atom. The third-order valence-corrected chi connectivity index (χ3v) is 5.03. The van der Waals surface area contributed by atoms with Crippen molar-refractivity contribution in [2.45, 2.75) is 19.4 Å². The third kappa shape index (κ3) is 3.75. The number of unbranched alkanes of at least 4 members (excludes halogenated alkanes) is 1. The van der Waals surface area contributed by atoms with Crippen LogP contribution in [0.1, 0.15) is 12.8 Å². The first-order chi connectivity index (χ1) is 12.5. The first-order valence-electron chi connectivity index (χ1n) is 8.29. The minimum Gasteiger partial charge on any atom is -0.357 e. The third-order valence-electron chi connectivity index (χ3n) is 4.11. The summed E-state index contributed by atoms with van der Waals surface area (Å²) in [7, 11) is 1.75. The van der Waals surface area contributed by atoms with E-state index in [9.17, 15) is 4.79 Å². The summed E-state index contributed by atoms with van der Waals surface area (Å²) in [6.45, 7) is 1.13. The van der Waals surface area contributed by atoms with E-state index in [1.165, 1.54) is 0 Å². The molecule has 0 unspecified atom stereocenters. The average molecular weight is 437 g/mol. The summed E-state index contributed by atoms with van der Waals surface area (Å²) in [6.07, 6.45) is 3.35. The van der Waals surface area contributed by atoms with Gasteiger partial charge in [-0.1, -0.05) is 27.5 Å². The van der Waals surface area contributed by atoms with Gasteiger partial charge in [0.2, 0.25) is 5.95 Å². The second-order valence-electron chi connectivity index (χ2n) is 5.86. The number of nitrogens with zero attached hydrogens (tertiary/aromatic N) is 3. The molecule has 3 aromatic rings. The second-order valence-corrected chi connectivity index (χ2v) is 7.15. The fourth-order valence-corrected chi connectivity index (χ4v) is 3.43. The molecule has 0 aliphatic carbocycles. The van der Waals surface area contributed by atoms with Crippen molar-refractivity contribution >= 4 is 44.5 Å². The summed E-state index contributed by atoms with van der Waals surface area (Å²) in [5, 5.41) is 4.27. The van der Waals surface area contributed by atoms with E-state index >= 15 is 0 Å². The summed E-state index contributed by atoms with van der Waals surface area (Å²) >= 11 is 9.65. The zero-order valence-electron chi connectivity index (χ0n) is 14.3. The fourth-order valence-electron chi connectivity index (χ4n) is 2.80. The molecule has 0 bridgehead atoms. The van der Waals surface area contributed by atoms with Gasteiger partial charge in [0.1, 0.15) is 5.65 Å². The van der Waals surface area contributed by atoms with E-state index in [1.807, 2.05) is 12.1 Å². The number of hydrogen-bond donors (Lipinski definition) is 2. The molecule has 2 heterocycles. The van der Waals surface area contributed by atoms with Gasteiger partial charge < -0.3 is 11.1 Å². The Hall–Kier alpha value is -1.96. The largest absolute Gasteiger partial charge is 0.357 e. The molecule has 0 saturated heterocycles.